The molecular formula is C20H24FN3O3. The summed E-state index contributed by atoms with van der Waals surface area (Å²) in [7, 11) is 1.92. The van der Waals surface area contributed by atoms with Crippen LogP contribution in [0.1, 0.15) is 41.2 Å². The molecule has 27 heavy (non-hydrogen) atoms. The highest BCUT2D eigenvalue weighted by atomic mass is 19.1. The molecule has 7 heteroatoms. The van der Waals surface area contributed by atoms with E-state index in [4.69, 9.17) is 0 Å². The molecule has 1 saturated heterocycles. The van der Waals surface area contributed by atoms with Crippen molar-refractivity contribution in [3.8, 4) is 0 Å². The fourth-order valence-electron chi connectivity index (χ4n) is 4.37. The molecule has 2 N–H and O–H groups in total. The lowest BCUT2D eigenvalue weighted by Gasteiger charge is -2.24. The first-order valence-electron chi connectivity index (χ1n) is 9.43. The van der Waals surface area contributed by atoms with Gasteiger partial charge in [0.2, 0.25) is 0 Å². The average Bonchev–Trinajstić information content (AvgIpc) is 3.35. The van der Waals surface area contributed by atoms with Gasteiger partial charge >= 0.3 is 5.97 Å². The molecule has 2 heterocycles. The molecule has 2 aromatic rings. The summed E-state index contributed by atoms with van der Waals surface area (Å²) in [6, 6.07) is 2.70. The third-order valence-electron chi connectivity index (χ3n) is 5.72. The fraction of sp³-hybridized carbons (Fsp3) is 0.500. The summed E-state index contributed by atoms with van der Waals surface area (Å²) in [6.07, 6.45) is 2.68. The highest BCUT2D eigenvalue weighted by Crippen LogP contribution is 2.40. The quantitative estimate of drug-likeness (QED) is 0.843. The lowest BCUT2D eigenvalue weighted by molar-refractivity contribution is 0.0694. The van der Waals surface area contributed by atoms with Gasteiger partial charge in [-0.3, -0.25) is 4.79 Å². The first kappa shape index (κ1) is 18.0. The first-order valence-corrected chi connectivity index (χ1v) is 9.43. The van der Waals surface area contributed by atoms with Crippen LogP contribution in [0.4, 0.5) is 10.1 Å². The highest BCUT2D eigenvalue weighted by molar-refractivity contribution is 5.95. The molecule has 2 aliphatic rings. The predicted molar refractivity (Wildman–Crippen MR) is 102 cm³/mol. The van der Waals surface area contributed by atoms with Crippen molar-refractivity contribution in [1.82, 2.24) is 9.88 Å². The minimum absolute atomic E-state index is 0.00642. The van der Waals surface area contributed by atoms with Crippen LogP contribution in [-0.4, -0.2) is 42.3 Å². The summed E-state index contributed by atoms with van der Waals surface area (Å²) >= 11 is 0. The molecule has 1 aromatic heterocycles. The van der Waals surface area contributed by atoms with E-state index in [0.717, 1.165) is 44.5 Å². The number of hydrogen-bond acceptors (Lipinski definition) is 4. The van der Waals surface area contributed by atoms with Crippen molar-refractivity contribution in [2.24, 2.45) is 5.92 Å². The van der Waals surface area contributed by atoms with Crippen molar-refractivity contribution in [3.63, 3.8) is 0 Å². The number of aromatic carboxylic acids is 1. The van der Waals surface area contributed by atoms with Crippen LogP contribution >= 0.6 is 0 Å². The lowest BCUT2D eigenvalue weighted by Crippen LogP contribution is -2.28. The van der Waals surface area contributed by atoms with Crippen LogP contribution in [0.5, 0.6) is 0 Å². The lowest BCUT2D eigenvalue weighted by atomic mass is 10.0. The monoisotopic (exact) mass is 373 g/mol. The SMILES string of the molecule is CNCC1CCN(c2c(F)cc3cc(C(=O)O)c(=O)n(C4CC4)c3c2C)C1. The van der Waals surface area contributed by atoms with Gasteiger partial charge in [0.05, 0.1) is 11.2 Å². The number of aromatic nitrogens is 1. The Morgan fingerprint density at radius 3 is 2.70 bits per heavy atom. The number of pyridine rings is 1. The van der Waals surface area contributed by atoms with Gasteiger partial charge in [0.25, 0.3) is 5.56 Å². The molecule has 1 saturated carbocycles. The zero-order valence-electron chi connectivity index (χ0n) is 15.6. The van der Waals surface area contributed by atoms with Gasteiger partial charge in [-0.25, -0.2) is 9.18 Å². The molecule has 0 bridgehead atoms. The average molecular weight is 373 g/mol. The second-order valence-corrected chi connectivity index (χ2v) is 7.70. The predicted octanol–water partition coefficient (Wildman–Crippen LogP) is 2.53. The summed E-state index contributed by atoms with van der Waals surface area (Å²) in [5, 5.41) is 13.0. The molecule has 0 spiro atoms. The number of fused-ring (bicyclic) bond motifs is 1. The molecule has 1 atom stereocenters. The van der Waals surface area contributed by atoms with Gasteiger partial charge in [-0.05, 0) is 63.4 Å². The van der Waals surface area contributed by atoms with Gasteiger partial charge < -0.3 is 19.9 Å². The smallest absolute Gasteiger partial charge is 0.341 e. The number of hydrogen-bond donors (Lipinski definition) is 2. The van der Waals surface area contributed by atoms with Crippen molar-refractivity contribution in [3.05, 3.63) is 39.4 Å². The summed E-state index contributed by atoms with van der Waals surface area (Å²) < 4.78 is 16.6. The number of halogens is 1. The third kappa shape index (κ3) is 3.00. The normalized spacial score (nSPS) is 19.8. The van der Waals surface area contributed by atoms with E-state index < -0.39 is 11.5 Å². The van der Waals surface area contributed by atoms with Crippen LogP contribution in [0, 0.1) is 18.7 Å². The summed E-state index contributed by atoms with van der Waals surface area (Å²) in [5.41, 5.74) is 1.14. The van der Waals surface area contributed by atoms with E-state index in [1.807, 2.05) is 14.0 Å². The van der Waals surface area contributed by atoms with Gasteiger partial charge in [-0.2, -0.15) is 0 Å². The number of carbonyl (C=O) groups is 1. The van der Waals surface area contributed by atoms with Crippen LogP contribution < -0.4 is 15.8 Å². The number of carboxylic acid groups (broad SMARTS) is 1. The molecule has 1 unspecified atom stereocenters. The van der Waals surface area contributed by atoms with Gasteiger partial charge in [-0.1, -0.05) is 0 Å². The molecule has 1 aliphatic heterocycles. The van der Waals surface area contributed by atoms with E-state index in [1.165, 1.54) is 12.1 Å². The topological polar surface area (TPSA) is 74.6 Å². The summed E-state index contributed by atoms with van der Waals surface area (Å²) in [6.45, 7) is 4.27. The van der Waals surface area contributed by atoms with Crippen LogP contribution in [0.25, 0.3) is 10.9 Å². The Bertz CT molecular complexity index is 981. The number of nitrogens with zero attached hydrogens (tertiary/aromatic N) is 2. The van der Waals surface area contributed by atoms with E-state index in [-0.39, 0.29) is 17.4 Å². The number of benzene rings is 1. The van der Waals surface area contributed by atoms with Crippen molar-refractivity contribution in [2.45, 2.75) is 32.2 Å². The van der Waals surface area contributed by atoms with Gasteiger partial charge in [0.1, 0.15) is 11.4 Å². The number of rotatable bonds is 5. The first-order chi connectivity index (χ1) is 12.9. The number of nitrogens with one attached hydrogen (secondary N) is 1. The Balaban J connectivity index is 1.91. The molecular weight excluding hydrogens is 349 g/mol. The molecule has 144 valence electrons. The van der Waals surface area contributed by atoms with Crippen LogP contribution in [0.3, 0.4) is 0 Å². The maximum Gasteiger partial charge on any atom is 0.341 e. The van der Waals surface area contributed by atoms with Crippen LogP contribution in [0.15, 0.2) is 16.9 Å². The Kier molecular flexibility index (Phi) is 4.42. The maximum atomic E-state index is 15.0. The van der Waals surface area contributed by atoms with E-state index >= 15 is 4.39 Å². The fourth-order valence-corrected chi connectivity index (χ4v) is 4.37. The Morgan fingerprint density at radius 1 is 1.33 bits per heavy atom. The van der Waals surface area contributed by atoms with Crippen LogP contribution in [-0.2, 0) is 0 Å². The molecule has 1 aromatic carbocycles. The van der Waals surface area contributed by atoms with Gasteiger partial charge in [0, 0.05) is 24.5 Å². The van der Waals surface area contributed by atoms with Gasteiger partial charge in [0.15, 0.2) is 0 Å². The second-order valence-electron chi connectivity index (χ2n) is 7.70. The van der Waals surface area contributed by atoms with E-state index in [2.05, 4.69) is 10.2 Å². The molecule has 6 nitrogen and oxygen atoms in total. The van der Waals surface area contributed by atoms with Crippen molar-refractivity contribution >= 4 is 22.6 Å². The largest absolute Gasteiger partial charge is 0.477 e. The zero-order valence-corrected chi connectivity index (χ0v) is 15.6. The van der Waals surface area contributed by atoms with E-state index in [9.17, 15) is 14.7 Å². The van der Waals surface area contributed by atoms with Crippen molar-refractivity contribution in [2.75, 3.05) is 31.6 Å². The minimum atomic E-state index is -1.27. The van der Waals surface area contributed by atoms with Crippen LogP contribution in [0.2, 0.25) is 0 Å². The highest BCUT2D eigenvalue weighted by Gasteiger charge is 2.32. The van der Waals surface area contributed by atoms with Gasteiger partial charge in [-0.15, -0.1) is 0 Å². The van der Waals surface area contributed by atoms with E-state index in [1.54, 1.807) is 4.57 Å². The molecule has 0 radical (unpaired) electrons. The Morgan fingerprint density at radius 2 is 2.07 bits per heavy atom. The molecule has 0 amide bonds. The number of carboxylic acids is 1. The third-order valence-corrected chi connectivity index (χ3v) is 5.72. The van der Waals surface area contributed by atoms with Crippen molar-refractivity contribution < 1.29 is 14.3 Å². The Labute approximate surface area is 156 Å². The maximum absolute atomic E-state index is 15.0. The zero-order chi connectivity index (χ0) is 19.3. The molecule has 4 rings (SSSR count). The summed E-state index contributed by atoms with van der Waals surface area (Å²) in [4.78, 5) is 26.3. The molecule has 1 aliphatic carbocycles. The second kappa shape index (κ2) is 6.64. The number of aryl methyl sites for hydroxylation is 1. The molecule has 2 fully saturated rings. The van der Waals surface area contributed by atoms with Crippen molar-refractivity contribution in [1.29, 1.82) is 0 Å². The number of anilines is 1. The summed E-state index contributed by atoms with van der Waals surface area (Å²) in [5.74, 6) is -1.17. The minimum Gasteiger partial charge on any atom is -0.477 e. The van der Waals surface area contributed by atoms with E-state index in [0.29, 0.717) is 22.5 Å². The standard InChI is InChI=1S/C20H24FN3O3/c1-11-17-13(7-15(20(26)27)19(25)24(17)14-3-4-14)8-16(21)18(11)23-6-5-12(10-23)9-22-2/h7-8,12,14,22H,3-6,9-10H2,1-2H3,(H,26,27). The Hall–Kier alpha value is -2.41.